The highest BCUT2D eigenvalue weighted by molar-refractivity contribution is 7.86. The van der Waals surface area contributed by atoms with E-state index in [0.29, 0.717) is 0 Å². The number of hydrogen-bond acceptors (Lipinski definition) is 6. The Balaban J connectivity index is 2.19. The molecular formula is C28H46O7S. The van der Waals surface area contributed by atoms with Gasteiger partial charge in [0.15, 0.2) is 0 Å². The average Bonchev–Trinajstić information content (AvgIpc) is 2.86. The molecule has 0 aromatic heterocycles. The lowest BCUT2D eigenvalue weighted by molar-refractivity contribution is 0.0402. The van der Waals surface area contributed by atoms with Crippen LogP contribution >= 0.6 is 0 Å². The van der Waals surface area contributed by atoms with Crippen molar-refractivity contribution < 1.29 is 32.0 Å². The number of carbonyl (C=O) groups is 2. The highest BCUT2D eigenvalue weighted by Crippen LogP contribution is 2.17. The summed E-state index contributed by atoms with van der Waals surface area (Å²) in [6.07, 6.45) is 18.6. The molecule has 0 aliphatic rings. The first-order valence-electron chi connectivity index (χ1n) is 13.7. The topological polar surface area (TPSA) is 107 Å². The second-order valence-electron chi connectivity index (χ2n) is 9.39. The Hall–Kier alpha value is -1.93. The normalized spacial score (nSPS) is 12.3. The maximum Gasteiger partial charge on any atom is 0.340 e. The van der Waals surface area contributed by atoms with Gasteiger partial charge in [-0.25, -0.2) is 9.59 Å². The van der Waals surface area contributed by atoms with Gasteiger partial charge in [-0.15, -0.1) is 0 Å². The summed E-state index contributed by atoms with van der Waals surface area (Å²) in [6.45, 7) is 3.97. The third kappa shape index (κ3) is 14.0. The van der Waals surface area contributed by atoms with Crippen LogP contribution in [0.4, 0.5) is 0 Å². The number of esters is 2. The quantitative estimate of drug-likeness (QED) is 0.100. The number of hydrogen-bond donors (Lipinski definition) is 1. The highest BCUT2D eigenvalue weighted by atomic mass is 32.2. The first-order chi connectivity index (χ1) is 17.3. The zero-order valence-corrected chi connectivity index (χ0v) is 23.0. The molecule has 1 rings (SSSR count). The summed E-state index contributed by atoms with van der Waals surface area (Å²) >= 11 is 0. The lowest BCUT2D eigenvalue weighted by atomic mass is 10.0. The molecule has 0 heterocycles. The molecule has 0 saturated heterocycles. The third-order valence-electron chi connectivity index (χ3n) is 6.25. The summed E-state index contributed by atoms with van der Waals surface area (Å²) in [5.41, 5.74) is -1.77. The molecule has 206 valence electrons. The van der Waals surface area contributed by atoms with Crippen molar-refractivity contribution in [2.75, 3.05) is 6.61 Å². The van der Waals surface area contributed by atoms with Crippen molar-refractivity contribution in [2.45, 2.75) is 122 Å². The van der Waals surface area contributed by atoms with Crippen LogP contribution in [-0.4, -0.2) is 37.0 Å². The van der Waals surface area contributed by atoms with Crippen molar-refractivity contribution in [1.82, 2.24) is 0 Å². The fourth-order valence-electron chi connectivity index (χ4n) is 4.09. The van der Waals surface area contributed by atoms with Gasteiger partial charge in [-0.2, -0.15) is 8.42 Å². The summed E-state index contributed by atoms with van der Waals surface area (Å²) in [7, 11) is -4.55. The third-order valence-corrected chi connectivity index (χ3v) is 7.35. The number of carbonyl (C=O) groups excluding carboxylic acids is 2. The minimum absolute atomic E-state index is 0.00801. The van der Waals surface area contributed by atoms with Crippen LogP contribution < -0.4 is 0 Å². The van der Waals surface area contributed by atoms with Crippen LogP contribution in [0, 0.1) is 0 Å². The summed E-state index contributed by atoms with van der Waals surface area (Å²) < 4.78 is 42.0. The van der Waals surface area contributed by atoms with E-state index in [1.165, 1.54) is 102 Å². The molecule has 7 nitrogen and oxygen atoms in total. The van der Waals surface area contributed by atoms with E-state index in [9.17, 15) is 18.0 Å². The van der Waals surface area contributed by atoms with E-state index in [4.69, 9.17) is 14.0 Å². The standard InChI is InChI=1S/C28H46O7S/c1-3-5-6-7-8-9-10-11-12-13-14-15-16-17-20-23-34-27(29)24-21-18-19-22-25(24)28(30)35-26(4-2)36(31,32)33/h18-19,21-22,26H,3-17,20,23H2,1-2H3,(H,31,32,33). The Bertz CT molecular complexity index is 851. The maximum absolute atomic E-state index is 12.5. The van der Waals surface area contributed by atoms with E-state index in [1.807, 2.05) is 0 Å². The first-order valence-corrected chi connectivity index (χ1v) is 15.2. The van der Waals surface area contributed by atoms with Gasteiger partial charge in [-0.05, 0) is 25.0 Å². The molecule has 0 amide bonds. The predicted molar refractivity (Wildman–Crippen MR) is 143 cm³/mol. The maximum atomic E-state index is 12.5. The van der Waals surface area contributed by atoms with Crippen LogP contribution in [0.3, 0.4) is 0 Å². The lowest BCUT2D eigenvalue weighted by Crippen LogP contribution is -2.27. The van der Waals surface area contributed by atoms with Crippen LogP contribution in [0.25, 0.3) is 0 Å². The summed E-state index contributed by atoms with van der Waals surface area (Å²) in [6, 6.07) is 5.92. The molecule has 0 aliphatic carbocycles. The number of benzene rings is 1. The van der Waals surface area contributed by atoms with Gasteiger partial charge in [0.05, 0.1) is 17.7 Å². The van der Waals surface area contributed by atoms with Crippen molar-refractivity contribution in [1.29, 1.82) is 0 Å². The van der Waals surface area contributed by atoms with Crippen molar-refractivity contribution in [3.63, 3.8) is 0 Å². The molecule has 0 radical (unpaired) electrons. The first kappa shape index (κ1) is 32.1. The molecule has 0 saturated carbocycles. The van der Waals surface area contributed by atoms with Gasteiger partial charge in [-0.3, -0.25) is 4.55 Å². The van der Waals surface area contributed by atoms with Crippen molar-refractivity contribution in [2.24, 2.45) is 0 Å². The Morgan fingerprint density at radius 2 is 1.14 bits per heavy atom. The van der Waals surface area contributed by atoms with Gasteiger partial charge in [0.2, 0.25) is 5.44 Å². The average molecular weight is 527 g/mol. The van der Waals surface area contributed by atoms with E-state index in [2.05, 4.69) is 6.92 Å². The van der Waals surface area contributed by atoms with E-state index < -0.39 is 27.5 Å². The summed E-state index contributed by atoms with van der Waals surface area (Å²) in [4.78, 5) is 24.9. The van der Waals surface area contributed by atoms with Gasteiger partial charge in [-0.1, -0.05) is 116 Å². The zero-order valence-electron chi connectivity index (χ0n) is 22.2. The molecule has 1 aromatic carbocycles. The zero-order chi connectivity index (χ0) is 26.7. The Morgan fingerprint density at radius 3 is 1.56 bits per heavy atom. The van der Waals surface area contributed by atoms with Gasteiger partial charge in [0, 0.05) is 0 Å². The predicted octanol–water partition coefficient (Wildman–Crippen LogP) is 7.50. The largest absolute Gasteiger partial charge is 0.462 e. The van der Waals surface area contributed by atoms with Gasteiger partial charge in [0.25, 0.3) is 0 Å². The highest BCUT2D eigenvalue weighted by Gasteiger charge is 2.28. The van der Waals surface area contributed by atoms with Crippen LogP contribution in [0.5, 0.6) is 0 Å². The van der Waals surface area contributed by atoms with Gasteiger partial charge < -0.3 is 9.47 Å². The smallest absolute Gasteiger partial charge is 0.340 e. The summed E-state index contributed by atoms with van der Waals surface area (Å²) in [5, 5.41) is 0. The Morgan fingerprint density at radius 1 is 0.722 bits per heavy atom. The van der Waals surface area contributed by atoms with Gasteiger partial charge >= 0.3 is 22.1 Å². The molecule has 1 unspecified atom stereocenters. The SMILES string of the molecule is CCCCCCCCCCCCCCCCCOC(=O)c1ccccc1C(=O)OC(CC)S(=O)(=O)O. The monoisotopic (exact) mass is 526 g/mol. The molecule has 0 bridgehead atoms. The van der Waals surface area contributed by atoms with E-state index >= 15 is 0 Å². The molecule has 1 aromatic rings. The fourth-order valence-corrected chi connectivity index (χ4v) is 4.72. The fraction of sp³-hybridized carbons (Fsp3) is 0.714. The molecule has 1 atom stereocenters. The van der Waals surface area contributed by atoms with Crippen LogP contribution in [0.2, 0.25) is 0 Å². The molecule has 1 N–H and O–H groups in total. The van der Waals surface area contributed by atoms with Gasteiger partial charge in [0.1, 0.15) is 0 Å². The second kappa shape index (κ2) is 19.2. The summed E-state index contributed by atoms with van der Waals surface area (Å²) in [5.74, 6) is -1.66. The molecule has 0 spiro atoms. The minimum atomic E-state index is -4.55. The van der Waals surface area contributed by atoms with Crippen LogP contribution in [0.1, 0.15) is 137 Å². The molecule has 36 heavy (non-hydrogen) atoms. The van der Waals surface area contributed by atoms with Crippen molar-refractivity contribution >= 4 is 22.1 Å². The molecular weight excluding hydrogens is 480 g/mol. The van der Waals surface area contributed by atoms with Crippen molar-refractivity contribution in [3.05, 3.63) is 35.4 Å². The lowest BCUT2D eigenvalue weighted by Gasteiger charge is -2.14. The molecule has 0 aliphatic heterocycles. The molecule has 0 fully saturated rings. The second-order valence-corrected chi connectivity index (χ2v) is 10.9. The van der Waals surface area contributed by atoms with E-state index in [1.54, 1.807) is 6.07 Å². The van der Waals surface area contributed by atoms with Crippen LogP contribution in [-0.2, 0) is 19.6 Å². The number of rotatable bonds is 21. The number of ether oxygens (including phenoxy) is 2. The van der Waals surface area contributed by atoms with Crippen molar-refractivity contribution in [3.8, 4) is 0 Å². The van der Waals surface area contributed by atoms with Crippen LogP contribution in [0.15, 0.2) is 24.3 Å². The van der Waals surface area contributed by atoms with E-state index in [-0.39, 0.29) is 24.2 Å². The Labute approximate surface area is 218 Å². The number of unbranched alkanes of at least 4 members (excludes halogenated alkanes) is 14. The molecule has 8 heteroatoms. The van der Waals surface area contributed by atoms with E-state index in [0.717, 1.165) is 19.3 Å². The Kier molecular flexibility index (Phi) is 17.1. The minimum Gasteiger partial charge on any atom is -0.462 e.